The zero-order chi connectivity index (χ0) is 23.0. The predicted octanol–water partition coefficient (Wildman–Crippen LogP) is 2.89. The molecule has 0 saturated carbocycles. The van der Waals surface area contributed by atoms with Crippen LogP contribution in [-0.2, 0) is 0 Å². The van der Waals surface area contributed by atoms with Crippen molar-refractivity contribution in [2.75, 3.05) is 25.5 Å². The third-order valence-electron chi connectivity index (χ3n) is 5.61. The van der Waals surface area contributed by atoms with Crippen molar-refractivity contribution in [3.8, 4) is 11.1 Å². The van der Waals surface area contributed by atoms with Crippen LogP contribution in [0, 0.1) is 13.8 Å². The smallest absolute Gasteiger partial charge is 0.292 e. The van der Waals surface area contributed by atoms with Crippen molar-refractivity contribution in [2.24, 2.45) is 5.73 Å². The van der Waals surface area contributed by atoms with Gasteiger partial charge >= 0.3 is 0 Å². The number of primary amides is 1. The van der Waals surface area contributed by atoms with Gasteiger partial charge in [0.25, 0.3) is 5.91 Å². The summed E-state index contributed by atoms with van der Waals surface area (Å²) in [5.74, 6) is 0.618. The number of oxazole rings is 1. The Kier molecular flexibility index (Phi) is 5.65. The lowest BCUT2D eigenvalue weighted by Crippen LogP contribution is -2.32. The molecule has 0 unspecified atom stereocenters. The molecule has 9 nitrogen and oxygen atoms in total. The van der Waals surface area contributed by atoms with Gasteiger partial charge in [-0.3, -0.25) is 9.59 Å². The van der Waals surface area contributed by atoms with Gasteiger partial charge in [0.2, 0.25) is 17.6 Å². The summed E-state index contributed by atoms with van der Waals surface area (Å²) in [6, 6.07) is 6.77. The molecule has 166 valence electrons. The van der Waals surface area contributed by atoms with Gasteiger partial charge in [0.1, 0.15) is 0 Å². The summed E-state index contributed by atoms with van der Waals surface area (Å²) in [5, 5.41) is 0. The number of aryl methyl sites for hydroxylation is 2. The van der Waals surface area contributed by atoms with Gasteiger partial charge in [0.15, 0.2) is 5.89 Å². The maximum Gasteiger partial charge on any atom is 0.292 e. The molecule has 1 fully saturated rings. The molecule has 2 N–H and O–H groups in total. The fourth-order valence-corrected chi connectivity index (χ4v) is 4.05. The number of aromatic nitrogens is 3. The van der Waals surface area contributed by atoms with E-state index in [1.54, 1.807) is 37.1 Å². The van der Waals surface area contributed by atoms with Crippen LogP contribution in [0.25, 0.3) is 11.1 Å². The van der Waals surface area contributed by atoms with Gasteiger partial charge in [-0.25, -0.2) is 15.0 Å². The molecular weight excluding hydrogens is 408 g/mol. The van der Waals surface area contributed by atoms with Gasteiger partial charge in [-0.1, -0.05) is 12.1 Å². The molecule has 1 aliphatic heterocycles. The molecule has 0 spiro atoms. The summed E-state index contributed by atoms with van der Waals surface area (Å²) in [5.41, 5.74) is 8.80. The average molecular weight is 435 g/mol. The monoisotopic (exact) mass is 434 g/mol. The van der Waals surface area contributed by atoms with E-state index in [4.69, 9.17) is 15.1 Å². The lowest BCUT2D eigenvalue weighted by Gasteiger charge is -2.26. The molecule has 9 heteroatoms. The van der Waals surface area contributed by atoms with Crippen molar-refractivity contribution in [1.82, 2.24) is 19.9 Å². The number of nitrogens with two attached hydrogens (primary N) is 1. The first kappa shape index (κ1) is 21.5. The predicted molar refractivity (Wildman–Crippen MR) is 119 cm³/mol. The average Bonchev–Trinajstić information content (AvgIpc) is 3.39. The third kappa shape index (κ3) is 3.93. The van der Waals surface area contributed by atoms with Gasteiger partial charge in [-0.05, 0) is 37.5 Å². The van der Waals surface area contributed by atoms with Crippen LogP contribution < -0.4 is 10.6 Å². The Balaban J connectivity index is 1.78. The van der Waals surface area contributed by atoms with Gasteiger partial charge in [-0.15, -0.1) is 0 Å². The lowest BCUT2D eigenvalue weighted by atomic mass is 9.98. The van der Waals surface area contributed by atoms with Crippen LogP contribution in [0.2, 0.25) is 0 Å². The van der Waals surface area contributed by atoms with E-state index in [2.05, 4.69) is 9.97 Å². The number of rotatable bonds is 5. The quantitative estimate of drug-likeness (QED) is 0.656. The van der Waals surface area contributed by atoms with Crippen LogP contribution in [0.1, 0.15) is 57.1 Å². The normalized spacial score (nSPS) is 15.8. The number of hydrogen-bond acceptors (Lipinski definition) is 7. The van der Waals surface area contributed by atoms with Crippen molar-refractivity contribution >= 4 is 17.8 Å². The van der Waals surface area contributed by atoms with E-state index >= 15 is 0 Å². The topological polar surface area (TPSA) is 118 Å². The number of nitrogens with zero attached hydrogens (tertiary/aromatic N) is 5. The Morgan fingerprint density at radius 1 is 1.16 bits per heavy atom. The summed E-state index contributed by atoms with van der Waals surface area (Å²) in [6.45, 7) is 4.10. The van der Waals surface area contributed by atoms with Gasteiger partial charge in [-0.2, -0.15) is 0 Å². The van der Waals surface area contributed by atoms with E-state index in [1.165, 1.54) is 0 Å². The number of amides is 2. The highest BCUT2D eigenvalue weighted by Crippen LogP contribution is 2.38. The Morgan fingerprint density at radius 2 is 1.88 bits per heavy atom. The number of anilines is 1. The Hall–Kier alpha value is -3.75. The number of likely N-dealkylation sites (tertiary alicyclic amines) is 1. The molecule has 1 atom stereocenters. The van der Waals surface area contributed by atoms with Crippen LogP contribution in [0.5, 0.6) is 0 Å². The van der Waals surface area contributed by atoms with Crippen molar-refractivity contribution in [3.63, 3.8) is 0 Å². The molecule has 3 aromatic rings. The highest BCUT2D eigenvalue weighted by molar-refractivity contribution is 5.94. The van der Waals surface area contributed by atoms with Crippen LogP contribution in [-0.4, -0.2) is 52.3 Å². The molecule has 1 saturated heterocycles. The maximum absolute atomic E-state index is 13.3. The second kappa shape index (κ2) is 8.41. The fraction of sp³-hybridized carbons (Fsp3) is 0.348. The molecule has 1 aromatic carbocycles. The molecular formula is C23H26N6O3. The minimum atomic E-state index is -0.485. The maximum atomic E-state index is 13.3. The zero-order valence-corrected chi connectivity index (χ0v) is 18.6. The molecule has 0 bridgehead atoms. The molecule has 32 heavy (non-hydrogen) atoms. The summed E-state index contributed by atoms with van der Waals surface area (Å²) in [4.78, 5) is 42.0. The minimum absolute atomic E-state index is 0.189. The third-order valence-corrected chi connectivity index (χ3v) is 5.61. The zero-order valence-electron chi connectivity index (χ0n) is 18.6. The SMILES string of the molecule is Cc1nc(C)c(C(=O)N2CCC[C@@H]2c2nc(N(C)C)ncc2-c2ccc(C(N)=O)cc2)o1. The van der Waals surface area contributed by atoms with E-state index in [1.807, 2.05) is 31.1 Å². The van der Waals surface area contributed by atoms with E-state index in [0.29, 0.717) is 29.6 Å². The second-order valence-corrected chi connectivity index (χ2v) is 8.11. The van der Waals surface area contributed by atoms with Crippen molar-refractivity contribution in [1.29, 1.82) is 0 Å². The number of benzene rings is 1. The Bertz CT molecular complexity index is 1170. The van der Waals surface area contributed by atoms with E-state index in [0.717, 1.165) is 29.7 Å². The summed E-state index contributed by atoms with van der Waals surface area (Å²) in [7, 11) is 3.75. The summed E-state index contributed by atoms with van der Waals surface area (Å²) >= 11 is 0. The Labute approximate surface area is 186 Å². The second-order valence-electron chi connectivity index (χ2n) is 8.11. The first-order valence-corrected chi connectivity index (χ1v) is 10.5. The van der Waals surface area contributed by atoms with Crippen molar-refractivity contribution in [3.05, 3.63) is 59.1 Å². The molecule has 2 aromatic heterocycles. The highest BCUT2D eigenvalue weighted by Gasteiger charge is 2.36. The van der Waals surface area contributed by atoms with Crippen LogP contribution in [0.3, 0.4) is 0 Å². The van der Waals surface area contributed by atoms with Crippen LogP contribution in [0.4, 0.5) is 5.95 Å². The molecule has 0 radical (unpaired) electrons. The largest absolute Gasteiger partial charge is 0.436 e. The van der Waals surface area contributed by atoms with E-state index in [-0.39, 0.29) is 17.7 Å². The highest BCUT2D eigenvalue weighted by atomic mass is 16.4. The minimum Gasteiger partial charge on any atom is -0.436 e. The van der Waals surface area contributed by atoms with E-state index < -0.39 is 5.91 Å². The first-order valence-electron chi connectivity index (χ1n) is 10.5. The Morgan fingerprint density at radius 3 is 2.47 bits per heavy atom. The molecule has 0 aliphatic carbocycles. The fourth-order valence-electron chi connectivity index (χ4n) is 4.05. The number of carbonyl (C=O) groups is 2. The van der Waals surface area contributed by atoms with Gasteiger partial charge < -0.3 is 20.0 Å². The molecule has 1 aliphatic rings. The van der Waals surface area contributed by atoms with Crippen molar-refractivity contribution < 1.29 is 14.0 Å². The molecule has 2 amide bonds. The van der Waals surface area contributed by atoms with Crippen LogP contribution in [0.15, 0.2) is 34.9 Å². The van der Waals surface area contributed by atoms with Crippen LogP contribution >= 0.6 is 0 Å². The lowest BCUT2D eigenvalue weighted by molar-refractivity contribution is 0.0698. The number of hydrogen-bond donors (Lipinski definition) is 1. The first-order chi connectivity index (χ1) is 15.3. The van der Waals surface area contributed by atoms with Gasteiger partial charge in [0.05, 0.1) is 17.4 Å². The number of carbonyl (C=O) groups excluding carboxylic acids is 2. The summed E-state index contributed by atoms with van der Waals surface area (Å²) in [6.07, 6.45) is 3.39. The summed E-state index contributed by atoms with van der Waals surface area (Å²) < 4.78 is 5.60. The standard InChI is InChI=1S/C23H26N6O3/c1-13-20(32-14(2)26-13)22(31)29-11-5-6-18(29)19-17(12-25-23(27-19)28(3)4)15-7-9-16(10-8-15)21(24)30/h7-10,12,18H,5-6,11H2,1-4H3,(H2,24,30)/t18-/m1/s1. The van der Waals surface area contributed by atoms with E-state index in [9.17, 15) is 9.59 Å². The van der Waals surface area contributed by atoms with Crippen molar-refractivity contribution in [2.45, 2.75) is 32.7 Å². The molecule has 4 rings (SSSR count). The molecule has 3 heterocycles. The van der Waals surface area contributed by atoms with Gasteiger partial charge in [0, 0.05) is 44.9 Å².